The van der Waals surface area contributed by atoms with Crippen molar-refractivity contribution in [3.63, 3.8) is 0 Å². The SMILES string of the molecule is Nc1cc(NC(=O)c2cccc(F)c2F)ccc1Sc1ccc(O)cc1. The van der Waals surface area contributed by atoms with Crippen molar-refractivity contribution in [1.82, 2.24) is 0 Å². The summed E-state index contributed by atoms with van der Waals surface area (Å²) >= 11 is 1.39. The molecule has 0 bridgehead atoms. The first-order chi connectivity index (χ1) is 12.4. The summed E-state index contributed by atoms with van der Waals surface area (Å²) in [5, 5.41) is 11.8. The van der Waals surface area contributed by atoms with Gasteiger partial charge in [-0.15, -0.1) is 0 Å². The normalized spacial score (nSPS) is 10.5. The van der Waals surface area contributed by atoms with E-state index in [0.29, 0.717) is 11.4 Å². The van der Waals surface area contributed by atoms with Gasteiger partial charge in [0.05, 0.1) is 5.56 Å². The van der Waals surface area contributed by atoms with Crippen LogP contribution in [-0.2, 0) is 0 Å². The third-order valence-electron chi connectivity index (χ3n) is 3.53. The van der Waals surface area contributed by atoms with Gasteiger partial charge in [-0.1, -0.05) is 17.8 Å². The number of phenols is 1. The van der Waals surface area contributed by atoms with Crippen molar-refractivity contribution in [2.75, 3.05) is 11.1 Å². The molecule has 0 aliphatic heterocycles. The molecule has 0 atom stereocenters. The number of nitrogen functional groups attached to an aromatic ring is 1. The van der Waals surface area contributed by atoms with Crippen molar-refractivity contribution >= 4 is 29.0 Å². The Kier molecular flexibility index (Phi) is 5.09. The second-order valence-electron chi connectivity index (χ2n) is 5.40. The van der Waals surface area contributed by atoms with E-state index in [4.69, 9.17) is 5.73 Å². The topological polar surface area (TPSA) is 75.3 Å². The van der Waals surface area contributed by atoms with Crippen LogP contribution in [0, 0.1) is 11.6 Å². The van der Waals surface area contributed by atoms with Gasteiger partial charge in [0.1, 0.15) is 5.75 Å². The average Bonchev–Trinajstić information content (AvgIpc) is 2.61. The number of benzene rings is 3. The zero-order valence-electron chi connectivity index (χ0n) is 13.4. The second kappa shape index (κ2) is 7.45. The number of anilines is 2. The molecule has 0 radical (unpaired) electrons. The molecule has 0 aliphatic rings. The maximum atomic E-state index is 13.7. The van der Waals surface area contributed by atoms with E-state index in [-0.39, 0.29) is 11.3 Å². The number of halogens is 2. The molecule has 0 aliphatic carbocycles. The van der Waals surface area contributed by atoms with Gasteiger partial charge in [0.15, 0.2) is 11.6 Å². The first kappa shape index (κ1) is 17.8. The number of carbonyl (C=O) groups is 1. The summed E-state index contributed by atoms with van der Waals surface area (Å²) in [7, 11) is 0. The molecule has 7 heteroatoms. The van der Waals surface area contributed by atoms with Gasteiger partial charge in [-0.05, 0) is 54.6 Å². The van der Waals surface area contributed by atoms with Gasteiger partial charge >= 0.3 is 0 Å². The quantitative estimate of drug-likeness (QED) is 0.583. The smallest absolute Gasteiger partial charge is 0.258 e. The number of aromatic hydroxyl groups is 1. The molecule has 3 aromatic carbocycles. The highest BCUT2D eigenvalue weighted by Crippen LogP contribution is 2.34. The van der Waals surface area contributed by atoms with Gasteiger partial charge in [-0.25, -0.2) is 8.78 Å². The third kappa shape index (κ3) is 3.94. The van der Waals surface area contributed by atoms with Crippen LogP contribution < -0.4 is 11.1 Å². The van der Waals surface area contributed by atoms with Gasteiger partial charge < -0.3 is 16.2 Å². The van der Waals surface area contributed by atoms with Gasteiger partial charge in [0, 0.05) is 21.2 Å². The highest BCUT2D eigenvalue weighted by Gasteiger charge is 2.15. The van der Waals surface area contributed by atoms with Crippen LogP contribution in [0.25, 0.3) is 0 Å². The lowest BCUT2D eigenvalue weighted by Crippen LogP contribution is -2.14. The predicted octanol–water partition coefficient (Wildman–Crippen LogP) is 4.66. The highest BCUT2D eigenvalue weighted by molar-refractivity contribution is 7.99. The molecule has 0 spiro atoms. The van der Waals surface area contributed by atoms with Gasteiger partial charge in [0.2, 0.25) is 0 Å². The molecule has 132 valence electrons. The zero-order chi connectivity index (χ0) is 18.7. The van der Waals surface area contributed by atoms with Crippen LogP contribution in [0.3, 0.4) is 0 Å². The molecular formula is C19H14F2N2O2S. The lowest BCUT2D eigenvalue weighted by molar-refractivity contribution is 0.102. The number of hydrogen-bond donors (Lipinski definition) is 3. The van der Waals surface area contributed by atoms with Gasteiger partial charge in [0.25, 0.3) is 5.91 Å². The number of rotatable bonds is 4. The van der Waals surface area contributed by atoms with E-state index in [2.05, 4.69) is 5.32 Å². The molecular weight excluding hydrogens is 358 g/mol. The van der Waals surface area contributed by atoms with E-state index in [1.807, 2.05) is 0 Å². The van der Waals surface area contributed by atoms with Crippen molar-refractivity contribution in [2.45, 2.75) is 9.79 Å². The Bertz CT molecular complexity index is 962. The van der Waals surface area contributed by atoms with Crippen LogP contribution in [0.2, 0.25) is 0 Å². The van der Waals surface area contributed by atoms with Crippen molar-refractivity contribution < 1.29 is 18.7 Å². The molecule has 4 nitrogen and oxygen atoms in total. The van der Waals surface area contributed by atoms with Crippen molar-refractivity contribution in [3.8, 4) is 5.75 Å². The summed E-state index contributed by atoms with van der Waals surface area (Å²) in [6.45, 7) is 0. The lowest BCUT2D eigenvalue weighted by Gasteiger charge is -2.10. The monoisotopic (exact) mass is 372 g/mol. The Morgan fingerprint density at radius 1 is 1.04 bits per heavy atom. The number of amides is 1. The van der Waals surface area contributed by atoms with Crippen molar-refractivity contribution in [1.29, 1.82) is 0 Å². The van der Waals surface area contributed by atoms with Crippen LogP contribution in [0.1, 0.15) is 10.4 Å². The minimum atomic E-state index is -1.20. The molecule has 3 rings (SSSR count). The van der Waals surface area contributed by atoms with Gasteiger partial charge in [-0.3, -0.25) is 4.79 Å². The van der Waals surface area contributed by atoms with Crippen LogP contribution in [0.5, 0.6) is 5.75 Å². The zero-order valence-corrected chi connectivity index (χ0v) is 14.2. The van der Waals surface area contributed by atoms with Crippen LogP contribution >= 0.6 is 11.8 Å². The summed E-state index contributed by atoms with van der Waals surface area (Å²) in [5.74, 6) is -2.87. The lowest BCUT2D eigenvalue weighted by atomic mass is 10.2. The fraction of sp³-hybridized carbons (Fsp3) is 0. The molecule has 4 N–H and O–H groups in total. The summed E-state index contributed by atoms with van der Waals surface area (Å²) in [4.78, 5) is 13.8. The van der Waals surface area contributed by atoms with Crippen LogP contribution in [0.4, 0.5) is 20.2 Å². The number of carbonyl (C=O) groups excluding carboxylic acids is 1. The maximum absolute atomic E-state index is 13.7. The molecule has 26 heavy (non-hydrogen) atoms. The van der Waals surface area contributed by atoms with Crippen LogP contribution in [-0.4, -0.2) is 11.0 Å². The molecule has 0 unspecified atom stereocenters. The third-order valence-corrected chi connectivity index (χ3v) is 4.63. The molecule has 3 aromatic rings. The molecule has 1 amide bonds. The van der Waals surface area contributed by atoms with E-state index < -0.39 is 17.5 Å². The minimum absolute atomic E-state index is 0.171. The fourth-order valence-electron chi connectivity index (χ4n) is 2.24. The summed E-state index contributed by atoms with van der Waals surface area (Å²) in [5.41, 5.74) is 6.41. The van der Waals surface area contributed by atoms with E-state index in [9.17, 15) is 18.7 Å². The van der Waals surface area contributed by atoms with E-state index in [1.54, 1.807) is 36.4 Å². The first-order valence-electron chi connectivity index (χ1n) is 7.56. The Hall–Kier alpha value is -3.06. The number of nitrogens with two attached hydrogens (primary N) is 1. The first-order valence-corrected chi connectivity index (χ1v) is 8.37. The Morgan fingerprint density at radius 2 is 1.77 bits per heavy atom. The van der Waals surface area contributed by atoms with Crippen molar-refractivity contribution in [3.05, 3.63) is 77.9 Å². The average molecular weight is 372 g/mol. The molecule has 0 heterocycles. The molecule has 0 saturated carbocycles. The van der Waals surface area contributed by atoms with Crippen LogP contribution in [0.15, 0.2) is 70.5 Å². The van der Waals surface area contributed by atoms with Gasteiger partial charge in [-0.2, -0.15) is 0 Å². The summed E-state index contributed by atoms with van der Waals surface area (Å²) < 4.78 is 26.9. The predicted molar refractivity (Wildman–Crippen MR) is 97.4 cm³/mol. The number of nitrogens with one attached hydrogen (secondary N) is 1. The second-order valence-corrected chi connectivity index (χ2v) is 6.52. The highest BCUT2D eigenvalue weighted by atomic mass is 32.2. The minimum Gasteiger partial charge on any atom is -0.508 e. The Balaban J connectivity index is 1.76. The number of phenolic OH excluding ortho intramolecular Hbond substituents is 1. The maximum Gasteiger partial charge on any atom is 0.258 e. The molecule has 0 aromatic heterocycles. The largest absolute Gasteiger partial charge is 0.508 e. The summed E-state index contributed by atoms with van der Waals surface area (Å²) in [6, 6.07) is 14.9. The van der Waals surface area contributed by atoms with Crippen molar-refractivity contribution in [2.24, 2.45) is 0 Å². The van der Waals surface area contributed by atoms with E-state index in [1.165, 1.54) is 30.0 Å². The Labute approximate surface area is 152 Å². The molecule has 0 fully saturated rings. The van der Waals surface area contributed by atoms with E-state index in [0.717, 1.165) is 15.9 Å². The standard InChI is InChI=1S/C19H14F2N2O2S/c20-15-3-1-2-14(18(15)21)19(25)23-11-4-9-17(16(22)10-11)26-13-7-5-12(24)6-8-13/h1-10,24H,22H2,(H,23,25). The molecule has 0 saturated heterocycles. The number of hydrogen-bond acceptors (Lipinski definition) is 4. The fourth-order valence-corrected chi connectivity index (χ4v) is 3.08. The Morgan fingerprint density at radius 3 is 2.46 bits per heavy atom. The van der Waals surface area contributed by atoms with E-state index >= 15 is 0 Å². The summed E-state index contributed by atoms with van der Waals surface area (Å²) in [6.07, 6.45) is 0.